The van der Waals surface area contributed by atoms with Crippen molar-refractivity contribution < 1.29 is 9.53 Å². The van der Waals surface area contributed by atoms with E-state index in [4.69, 9.17) is 16.2 Å². The predicted molar refractivity (Wildman–Crippen MR) is 79.6 cm³/mol. The molecule has 0 heterocycles. The minimum Gasteiger partial charge on any atom is -0.487 e. The topological polar surface area (TPSA) is 78.3 Å². The van der Waals surface area contributed by atoms with Crippen LogP contribution in [-0.2, 0) is 6.61 Å². The molecule has 0 atom stereocenters. The highest BCUT2D eigenvalue weighted by Crippen LogP contribution is 2.24. The van der Waals surface area contributed by atoms with Crippen LogP contribution in [0.5, 0.6) is 5.75 Å². The van der Waals surface area contributed by atoms with Crippen molar-refractivity contribution in [3.63, 3.8) is 0 Å². The van der Waals surface area contributed by atoms with Crippen LogP contribution in [0.2, 0.25) is 0 Å². The van der Waals surface area contributed by atoms with E-state index in [0.717, 1.165) is 16.7 Å². The third kappa shape index (κ3) is 3.09. The van der Waals surface area contributed by atoms with Gasteiger partial charge >= 0.3 is 0 Å². The van der Waals surface area contributed by atoms with Crippen LogP contribution >= 0.6 is 0 Å². The van der Waals surface area contributed by atoms with E-state index in [-0.39, 0.29) is 0 Å². The Morgan fingerprint density at radius 1 is 1.15 bits per heavy atom. The van der Waals surface area contributed by atoms with Crippen molar-refractivity contribution >= 4 is 11.6 Å². The number of anilines is 1. The zero-order chi connectivity index (χ0) is 14.7. The van der Waals surface area contributed by atoms with Crippen molar-refractivity contribution in [3.8, 4) is 5.75 Å². The van der Waals surface area contributed by atoms with Crippen LogP contribution in [0.25, 0.3) is 0 Å². The van der Waals surface area contributed by atoms with Crippen LogP contribution in [0.1, 0.15) is 27.0 Å². The quantitative estimate of drug-likeness (QED) is 0.838. The number of nitrogens with two attached hydrogens (primary N) is 2. The Labute approximate surface area is 118 Å². The van der Waals surface area contributed by atoms with Gasteiger partial charge in [-0.15, -0.1) is 0 Å². The highest BCUT2D eigenvalue weighted by atomic mass is 16.5. The van der Waals surface area contributed by atoms with E-state index in [1.54, 1.807) is 12.1 Å². The smallest absolute Gasteiger partial charge is 0.248 e. The van der Waals surface area contributed by atoms with Crippen molar-refractivity contribution in [1.29, 1.82) is 0 Å². The van der Waals surface area contributed by atoms with Gasteiger partial charge in [-0.3, -0.25) is 4.79 Å². The Balaban J connectivity index is 2.15. The van der Waals surface area contributed by atoms with Crippen molar-refractivity contribution in [2.24, 2.45) is 5.73 Å². The average Bonchev–Trinajstić information content (AvgIpc) is 2.40. The number of benzene rings is 2. The van der Waals surface area contributed by atoms with Gasteiger partial charge in [0.05, 0.1) is 5.69 Å². The van der Waals surface area contributed by atoms with Crippen LogP contribution in [-0.4, -0.2) is 5.91 Å². The summed E-state index contributed by atoms with van der Waals surface area (Å²) in [5.41, 5.74) is 15.3. The highest BCUT2D eigenvalue weighted by Gasteiger charge is 2.06. The average molecular weight is 270 g/mol. The Morgan fingerprint density at radius 2 is 1.90 bits per heavy atom. The number of nitrogen functional groups attached to an aromatic ring is 1. The number of ether oxygens (including phenoxy) is 1. The van der Waals surface area contributed by atoms with Gasteiger partial charge in [0.1, 0.15) is 12.4 Å². The maximum absolute atomic E-state index is 11.1. The van der Waals surface area contributed by atoms with Gasteiger partial charge in [0.15, 0.2) is 0 Å². The Hall–Kier alpha value is -2.49. The molecule has 0 saturated heterocycles. The third-order valence-corrected chi connectivity index (χ3v) is 3.18. The second-order valence-electron chi connectivity index (χ2n) is 4.84. The summed E-state index contributed by atoms with van der Waals surface area (Å²) < 4.78 is 5.74. The molecule has 2 rings (SSSR count). The molecular weight excluding hydrogens is 252 g/mol. The molecule has 4 nitrogen and oxygen atoms in total. The van der Waals surface area contributed by atoms with E-state index in [1.807, 2.05) is 38.1 Å². The summed E-state index contributed by atoms with van der Waals surface area (Å²) in [4.78, 5) is 11.1. The summed E-state index contributed by atoms with van der Waals surface area (Å²) in [5, 5.41) is 0. The van der Waals surface area contributed by atoms with E-state index in [0.29, 0.717) is 23.6 Å². The molecule has 0 aliphatic rings. The van der Waals surface area contributed by atoms with Gasteiger partial charge in [-0.25, -0.2) is 0 Å². The molecule has 0 fully saturated rings. The first-order valence-electron chi connectivity index (χ1n) is 6.35. The maximum Gasteiger partial charge on any atom is 0.248 e. The van der Waals surface area contributed by atoms with Crippen LogP contribution < -0.4 is 16.2 Å². The van der Waals surface area contributed by atoms with Gasteiger partial charge in [0.2, 0.25) is 5.91 Å². The molecule has 0 aromatic heterocycles. The summed E-state index contributed by atoms with van der Waals surface area (Å²) in [7, 11) is 0. The summed E-state index contributed by atoms with van der Waals surface area (Å²) in [5.74, 6) is 0.242. The first-order valence-corrected chi connectivity index (χ1v) is 6.35. The molecule has 2 aromatic rings. The van der Waals surface area contributed by atoms with Gasteiger partial charge in [-0.1, -0.05) is 12.1 Å². The van der Waals surface area contributed by atoms with E-state index >= 15 is 0 Å². The molecular formula is C16H18N2O2. The molecule has 1 amide bonds. The fraction of sp³-hybridized carbons (Fsp3) is 0.188. The highest BCUT2D eigenvalue weighted by molar-refractivity contribution is 5.93. The minimum atomic E-state index is -0.427. The van der Waals surface area contributed by atoms with Gasteiger partial charge in [-0.05, 0) is 54.8 Å². The molecule has 20 heavy (non-hydrogen) atoms. The normalized spacial score (nSPS) is 10.3. The van der Waals surface area contributed by atoms with E-state index in [2.05, 4.69) is 0 Å². The summed E-state index contributed by atoms with van der Waals surface area (Å²) in [6.45, 7) is 4.31. The molecule has 0 bridgehead atoms. The number of carbonyl (C=O) groups is 1. The van der Waals surface area contributed by atoms with Crippen molar-refractivity contribution in [3.05, 3.63) is 58.7 Å². The van der Waals surface area contributed by atoms with Crippen LogP contribution in [0, 0.1) is 13.8 Å². The fourth-order valence-corrected chi connectivity index (χ4v) is 1.93. The Kier molecular flexibility index (Phi) is 3.94. The molecule has 0 spiro atoms. The van der Waals surface area contributed by atoms with Crippen LogP contribution in [0.3, 0.4) is 0 Å². The second-order valence-corrected chi connectivity index (χ2v) is 4.84. The minimum absolute atomic E-state index is 0.401. The standard InChI is InChI=1S/C16H18N2O2/c1-10-3-6-14(17)15(7-10)20-9-13-5-4-12(16(18)19)8-11(13)2/h3-8H,9,17H2,1-2H3,(H2,18,19). The molecule has 4 heteroatoms. The van der Waals surface area contributed by atoms with Gasteiger partial charge in [0, 0.05) is 5.56 Å². The first-order chi connectivity index (χ1) is 9.47. The fourth-order valence-electron chi connectivity index (χ4n) is 1.93. The van der Waals surface area contributed by atoms with Crippen LogP contribution in [0.15, 0.2) is 36.4 Å². The molecule has 104 valence electrons. The lowest BCUT2D eigenvalue weighted by atomic mass is 10.1. The van der Waals surface area contributed by atoms with E-state index in [9.17, 15) is 4.79 Å². The number of hydrogen-bond donors (Lipinski definition) is 2. The van der Waals surface area contributed by atoms with Crippen molar-refractivity contribution in [2.45, 2.75) is 20.5 Å². The lowest BCUT2D eigenvalue weighted by molar-refractivity contribution is 0.1000. The Bertz CT molecular complexity index is 651. The lowest BCUT2D eigenvalue weighted by Crippen LogP contribution is -2.11. The van der Waals surface area contributed by atoms with Crippen molar-refractivity contribution in [1.82, 2.24) is 0 Å². The van der Waals surface area contributed by atoms with Gasteiger partial charge < -0.3 is 16.2 Å². The predicted octanol–water partition coefficient (Wildman–Crippen LogP) is 2.56. The maximum atomic E-state index is 11.1. The summed E-state index contributed by atoms with van der Waals surface area (Å²) >= 11 is 0. The first kappa shape index (κ1) is 13.9. The molecule has 0 radical (unpaired) electrons. The van der Waals surface area contributed by atoms with Gasteiger partial charge in [0.25, 0.3) is 0 Å². The SMILES string of the molecule is Cc1ccc(N)c(OCc2ccc(C(N)=O)cc2C)c1. The number of rotatable bonds is 4. The number of carbonyl (C=O) groups excluding carboxylic acids is 1. The van der Waals surface area contributed by atoms with E-state index in [1.165, 1.54) is 0 Å². The molecule has 0 saturated carbocycles. The zero-order valence-corrected chi connectivity index (χ0v) is 11.6. The molecule has 2 aromatic carbocycles. The molecule has 0 aliphatic heterocycles. The number of amides is 1. The Morgan fingerprint density at radius 3 is 2.55 bits per heavy atom. The lowest BCUT2D eigenvalue weighted by Gasteiger charge is -2.12. The van der Waals surface area contributed by atoms with E-state index < -0.39 is 5.91 Å². The zero-order valence-electron chi connectivity index (χ0n) is 11.6. The number of primary amides is 1. The number of hydrogen-bond acceptors (Lipinski definition) is 3. The molecule has 0 aliphatic carbocycles. The van der Waals surface area contributed by atoms with Crippen molar-refractivity contribution in [2.75, 3.05) is 5.73 Å². The molecule has 4 N–H and O–H groups in total. The largest absolute Gasteiger partial charge is 0.487 e. The van der Waals surface area contributed by atoms with Crippen LogP contribution in [0.4, 0.5) is 5.69 Å². The summed E-state index contributed by atoms with van der Waals surface area (Å²) in [6.07, 6.45) is 0. The second kappa shape index (κ2) is 5.65. The number of aryl methyl sites for hydroxylation is 2. The molecule has 0 unspecified atom stereocenters. The monoisotopic (exact) mass is 270 g/mol. The van der Waals surface area contributed by atoms with Gasteiger partial charge in [-0.2, -0.15) is 0 Å². The summed E-state index contributed by atoms with van der Waals surface area (Å²) in [6, 6.07) is 11.0. The third-order valence-electron chi connectivity index (χ3n) is 3.18.